The van der Waals surface area contributed by atoms with Gasteiger partial charge in [0.1, 0.15) is 11.6 Å². The van der Waals surface area contributed by atoms with Crippen LogP contribution in [0.4, 0.5) is 5.82 Å². The Balaban J connectivity index is 1.99. The molecule has 1 heterocycles. The molecule has 1 atom stereocenters. The summed E-state index contributed by atoms with van der Waals surface area (Å²) in [6.45, 7) is 1.87. The van der Waals surface area contributed by atoms with Gasteiger partial charge in [-0.05, 0) is 42.7 Å². The summed E-state index contributed by atoms with van der Waals surface area (Å²) in [5, 5.41) is 11.9. The molecular weight excluding hydrogens is 254 g/mol. The van der Waals surface area contributed by atoms with Crippen molar-refractivity contribution in [3.63, 3.8) is 0 Å². The predicted octanol–water partition coefficient (Wildman–Crippen LogP) is 1.60. The van der Waals surface area contributed by atoms with Gasteiger partial charge in [0.2, 0.25) is 5.91 Å². The molecule has 20 heavy (non-hydrogen) atoms. The molecule has 4 N–H and O–H groups in total. The molecule has 1 aromatic carbocycles. The number of aromatic hydroxyl groups is 1. The summed E-state index contributed by atoms with van der Waals surface area (Å²) in [5.74, 6) is 0.439. The number of phenols is 1. The molecule has 1 amide bonds. The number of nitrogens with zero attached hydrogens (tertiary/aromatic N) is 1. The Kier molecular flexibility index (Phi) is 4.32. The summed E-state index contributed by atoms with van der Waals surface area (Å²) in [7, 11) is 0. The number of nitrogens with one attached hydrogen (secondary N) is 1. The lowest BCUT2D eigenvalue weighted by atomic mass is 10.1. The number of hydrogen-bond donors (Lipinski definition) is 3. The van der Waals surface area contributed by atoms with E-state index in [0.29, 0.717) is 12.2 Å². The number of rotatable bonds is 4. The lowest BCUT2D eigenvalue weighted by molar-refractivity contribution is -0.117. The highest BCUT2D eigenvalue weighted by molar-refractivity contribution is 5.94. The van der Waals surface area contributed by atoms with Gasteiger partial charge in [-0.2, -0.15) is 0 Å². The van der Waals surface area contributed by atoms with Crippen LogP contribution in [0.5, 0.6) is 5.75 Å². The standard InChI is InChI=1S/C15H17N3O2/c1-10-3-2-8-17-14(10)18-15(20)13(16)9-11-4-6-12(19)7-5-11/h2-8,13,19H,9,16H2,1H3,(H,17,18,20)/t13-/m1/s1. The van der Waals surface area contributed by atoms with Crippen LogP contribution in [-0.2, 0) is 11.2 Å². The van der Waals surface area contributed by atoms with Crippen molar-refractivity contribution in [2.24, 2.45) is 5.73 Å². The van der Waals surface area contributed by atoms with Crippen LogP contribution < -0.4 is 11.1 Å². The van der Waals surface area contributed by atoms with Crippen molar-refractivity contribution in [2.45, 2.75) is 19.4 Å². The number of phenolic OH excluding ortho intramolecular Hbond substituents is 1. The number of benzene rings is 1. The van der Waals surface area contributed by atoms with Crippen LogP contribution in [0.15, 0.2) is 42.6 Å². The number of amides is 1. The molecule has 0 saturated carbocycles. The van der Waals surface area contributed by atoms with Gasteiger partial charge >= 0.3 is 0 Å². The monoisotopic (exact) mass is 271 g/mol. The fraction of sp³-hybridized carbons (Fsp3) is 0.200. The number of aryl methyl sites for hydroxylation is 1. The first-order chi connectivity index (χ1) is 9.56. The summed E-state index contributed by atoms with van der Waals surface area (Å²) in [5.41, 5.74) is 7.66. The van der Waals surface area contributed by atoms with Gasteiger partial charge in [-0.15, -0.1) is 0 Å². The smallest absolute Gasteiger partial charge is 0.242 e. The Morgan fingerprint density at radius 1 is 1.35 bits per heavy atom. The highest BCUT2D eigenvalue weighted by Gasteiger charge is 2.15. The number of carbonyl (C=O) groups is 1. The van der Waals surface area contributed by atoms with Gasteiger partial charge in [-0.3, -0.25) is 4.79 Å². The lowest BCUT2D eigenvalue weighted by Gasteiger charge is -2.13. The van der Waals surface area contributed by atoms with Crippen LogP contribution in [-0.4, -0.2) is 22.0 Å². The van der Waals surface area contributed by atoms with Crippen LogP contribution in [0.1, 0.15) is 11.1 Å². The van der Waals surface area contributed by atoms with Crippen molar-refractivity contribution in [1.29, 1.82) is 0 Å². The maximum absolute atomic E-state index is 12.0. The SMILES string of the molecule is Cc1cccnc1NC(=O)[C@H](N)Cc1ccc(O)cc1. The second-order valence-corrected chi connectivity index (χ2v) is 4.64. The molecule has 0 fully saturated rings. The van der Waals surface area contributed by atoms with Crippen LogP contribution in [0.25, 0.3) is 0 Å². The summed E-state index contributed by atoms with van der Waals surface area (Å²) in [6, 6.07) is 9.64. The zero-order valence-corrected chi connectivity index (χ0v) is 11.2. The zero-order valence-electron chi connectivity index (χ0n) is 11.2. The summed E-state index contributed by atoms with van der Waals surface area (Å²) < 4.78 is 0. The average molecular weight is 271 g/mol. The Morgan fingerprint density at radius 2 is 2.05 bits per heavy atom. The molecule has 0 unspecified atom stereocenters. The Bertz CT molecular complexity index is 596. The summed E-state index contributed by atoms with van der Waals surface area (Å²) in [6.07, 6.45) is 2.02. The van der Waals surface area contributed by atoms with E-state index in [9.17, 15) is 9.90 Å². The molecular formula is C15H17N3O2. The maximum Gasteiger partial charge on any atom is 0.242 e. The second kappa shape index (κ2) is 6.16. The van der Waals surface area contributed by atoms with E-state index in [1.54, 1.807) is 36.5 Å². The van der Waals surface area contributed by atoms with Gasteiger partial charge in [0, 0.05) is 6.20 Å². The molecule has 104 valence electrons. The topological polar surface area (TPSA) is 88.2 Å². The van der Waals surface area contributed by atoms with Crippen LogP contribution >= 0.6 is 0 Å². The molecule has 5 heteroatoms. The first-order valence-electron chi connectivity index (χ1n) is 6.32. The van der Waals surface area contributed by atoms with E-state index in [1.165, 1.54) is 0 Å². The number of pyridine rings is 1. The minimum atomic E-state index is -0.666. The molecule has 1 aromatic heterocycles. The van der Waals surface area contributed by atoms with Crippen LogP contribution in [0.2, 0.25) is 0 Å². The third-order valence-electron chi connectivity index (χ3n) is 2.98. The van der Waals surface area contributed by atoms with Gasteiger partial charge in [-0.25, -0.2) is 4.98 Å². The summed E-state index contributed by atoms with van der Waals surface area (Å²) in [4.78, 5) is 16.1. The normalized spacial score (nSPS) is 11.9. The van der Waals surface area contributed by atoms with Crippen molar-refractivity contribution in [1.82, 2.24) is 4.98 Å². The molecule has 0 aliphatic rings. The predicted molar refractivity (Wildman–Crippen MR) is 77.4 cm³/mol. The third-order valence-corrected chi connectivity index (χ3v) is 2.98. The minimum absolute atomic E-state index is 0.191. The van der Waals surface area contributed by atoms with E-state index < -0.39 is 6.04 Å². The lowest BCUT2D eigenvalue weighted by Crippen LogP contribution is -2.37. The Morgan fingerprint density at radius 3 is 2.70 bits per heavy atom. The molecule has 0 bridgehead atoms. The fourth-order valence-corrected chi connectivity index (χ4v) is 1.80. The first kappa shape index (κ1) is 14.0. The number of nitrogens with two attached hydrogens (primary N) is 1. The number of hydrogen-bond acceptors (Lipinski definition) is 4. The van der Waals surface area contributed by atoms with Gasteiger partial charge in [0.05, 0.1) is 6.04 Å². The highest BCUT2D eigenvalue weighted by atomic mass is 16.3. The van der Waals surface area contributed by atoms with E-state index in [2.05, 4.69) is 10.3 Å². The molecule has 2 rings (SSSR count). The van der Waals surface area contributed by atoms with Crippen LogP contribution in [0.3, 0.4) is 0 Å². The first-order valence-corrected chi connectivity index (χ1v) is 6.32. The van der Waals surface area contributed by atoms with E-state index in [1.807, 2.05) is 13.0 Å². The average Bonchev–Trinajstić information content (AvgIpc) is 2.44. The van der Waals surface area contributed by atoms with Crippen molar-refractivity contribution >= 4 is 11.7 Å². The minimum Gasteiger partial charge on any atom is -0.508 e. The van der Waals surface area contributed by atoms with E-state index in [0.717, 1.165) is 11.1 Å². The molecule has 0 aliphatic carbocycles. The van der Waals surface area contributed by atoms with Crippen molar-refractivity contribution in [3.05, 3.63) is 53.7 Å². The van der Waals surface area contributed by atoms with Gasteiger partial charge in [0.15, 0.2) is 0 Å². The maximum atomic E-state index is 12.0. The van der Waals surface area contributed by atoms with Gasteiger partial charge < -0.3 is 16.2 Å². The third kappa shape index (κ3) is 3.55. The van der Waals surface area contributed by atoms with E-state index in [-0.39, 0.29) is 11.7 Å². The largest absolute Gasteiger partial charge is 0.508 e. The van der Waals surface area contributed by atoms with Crippen LogP contribution in [0, 0.1) is 6.92 Å². The number of anilines is 1. The van der Waals surface area contributed by atoms with Crippen molar-refractivity contribution in [2.75, 3.05) is 5.32 Å². The van der Waals surface area contributed by atoms with Gasteiger partial charge in [0.25, 0.3) is 0 Å². The number of carbonyl (C=O) groups excluding carboxylic acids is 1. The zero-order chi connectivity index (χ0) is 14.5. The van der Waals surface area contributed by atoms with E-state index >= 15 is 0 Å². The quantitative estimate of drug-likeness (QED) is 0.788. The molecule has 5 nitrogen and oxygen atoms in total. The molecule has 0 saturated heterocycles. The number of aromatic nitrogens is 1. The molecule has 0 aliphatic heterocycles. The van der Waals surface area contributed by atoms with Gasteiger partial charge in [-0.1, -0.05) is 18.2 Å². The van der Waals surface area contributed by atoms with Crippen molar-refractivity contribution in [3.8, 4) is 5.75 Å². The summed E-state index contributed by atoms with van der Waals surface area (Å²) >= 11 is 0. The highest BCUT2D eigenvalue weighted by Crippen LogP contribution is 2.12. The Labute approximate surface area is 117 Å². The Hall–Kier alpha value is -2.40. The fourth-order valence-electron chi connectivity index (χ4n) is 1.80. The molecule has 2 aromatic rings. The van der Waals surface area contributed by atoms with E-state index in [4.69, 9.17) is 5.73 Å². The molecule has 0 spiro atoms. The van der Waals surface area contributed by atoms with Crippen molar-refractivity contribution < 1.29 is 9.90 Å². The second-order valence-electron chi connectivity index (χ2n) is 4.64. The molecule has 0 radical (unpaired) electrons.